The number of hydrogen-bond acceptors (Lipinski definition) is 7. The zero-order chi connectivity index (χ0) is 34.0. The lowest BCUT2D eigenvalue weighted by atomic mass is 10.1. The highest BCUT2D eigenvalue weighted by molar-refractivity contribution is 7.47. The third-order valence-corrected chi connectivity index (χ3v) is 8.62. The predicted octanol–water partition coefficient (Wildman–Crippen LogP) is 9.26. The monoisotopic (exact) mass is 673 g/mol. The number of rotatable bonds is 34. The van der Waals surface area contributed by atoms with Crippen LogP contribution in [0.15, 0.2) is 24.3 Å². The van der Waals surface area contributed by atoms with Crippen molar-refractivity contribution in [2.24, 2.45) is 0 Å². The summed E-state index contributed by atoms with van der Waals surface area (Å²) in [5, 5.41) is 12.6. The van der Waals surface area contributed by atoms with Crippen LogP contribution in [0.3, 0.4) is 0 Å². The van der Waals surface area contributed by atoms with Crippen molar-refractivity contribution in [1.29, 1.82) is 0 Å². The number of aliphatic hydroxyl groups is 1. The van der Waals surface area contributed by atoms with E-state index in [-0.39, 0.29) is 32.1 Å². The number of hydrogen-bond donors (Lipinski definition) is 3. The Morgan fingerprint density at radius 3 is 1.80 bits per heavy atom. The Morgan fingerprint density at radius 2 is 1.20 bits per heavy atom. The summed E-state index contributed by atoms with van der Waals surface area (Å²) >= 11 is 0. The van der Waals surface area contributed by atoms with E-state index in [4.69, 9.17) is 13.8 Å². The molecule has 270 valence electrons. The molecule has 9 nitrogen and oxygen atoms in total. The Balaban J connectivity index is 3.65. The zero-order valence-electron chi connectivity index (χ0n) is 29.3. The summed E-state index contributed by atoms with van der Waals surface area (Å²) in [6.07, 6.45) is 32.5. The van der Waals surface area contributed by atoms with E-state index in [0.29, 0.717) is 6.42 Å². The van der Waals surface area contributed by atoms with E-state index < -0.39 is 26.5 Å². The fourth-order valence-electron chi connectivity index (χ4n) is 4.81. The lowest BCUT2D eigenvalue weighted by Gasteiger charge is -2.15. The molecule has 0 aliphatic rings. The minimum Gasteiger partial charge on any atom is -0.463 e. The van der Waals surface area contributed by atoms with Crippen LogP contribution in [0.5, 0.6) is 0 Å². The van der Waals surface area contributed by atoms with Crippen molar-refractivity contribution < 1.29 is 37.9 Å². The minimum atomic E-state index is -4.41. The molecular weight excluding hydrogens is 605 g/mol. The Bertz CT molecular complexity index is 820. The van der Waals surface area contributed by atoms with Gasteiger partial charge in [0.05, 0.1) is 13.2 Å². The number of ether oxygens (including phenoxy) is 1. The van der Waals surface area contributed by atoms with Crippen molar-refractivity contribution in [1.82, 2.24) is 5.32 Å². The fraction of sp³-hybridized carbons (Fsp3) is 0.833. The molecule has 46 heavy (non-hydrogen) atoms. The summed E-state index contributed by atoms with van der Waals surface area (Å²) in [7, 11) is -4.41. The van der Waals surface area contributed by atoms with Gasteiger partial charge in [-0.1, -0.05) is 134 Å². The van der Waals surface area contributed by atoms with Gasteiger partial charge < -0.3 is 20.1 Å². The maximum absolute atomic E-state index is 12.0. The second kappa shape index (κ2) is 33.4. The SMILES string of the molecule is CCCC/C=C\C/C=C\CCCCCCCC(=O)NCCOP(=O)(O)OCC(O)COC(=O)CCCCCCCCCCCCC. The summed E-state index contributed by atoms with van der Waals surface area (Å²) in [4.78, 5) is 33.7. The summed E-state index contributed by atoms with van der Waals surface area (Å²) in [6, 6.07) is 0. The average Bonchev–Trinajstić information content (AvgIpc) is 3.04. The number of nitrogens with one attached hydrogen (secondary N) is 1. The van der Waals surface area contributed by atoms with Crippen molar-refractivity contribution in [3.63, 3.8) is 0 Å². The highest BCUT2D eigenvalue weighted by Gasteiger charge is 2.23. The molecule has 0 aliphatic heterocycles. The molecule has 0 aliphatic carbocycles. The number of phosphoric acid groups is 1. The van der Waals surface area contributed by atoms with Crippen LogP contribution in [0.4, 0.5) is 0 Å². The molecule has 0 fully saturated rings. The summed E-state index contributed by atoms with van der Waals surface area (Å²) in [5.74, 6) is -0.531. The van der Waals surface area contributed by atoms with Crippen LogP contribution >= 0.6 is 7.82 Å². The van der Waals surface area contributed by atoms with E-state index in [1.165, 1.54) is 70.6 Å². The molecule has 0 saturated carbocycles. The number of unbranched alkanes of at least 4 members (excludes halogenated alkanes) is 17. The Hall–Kier alpha value is -1.51. The summed E-state index contributed by atoms with van der Waals surface area (Å²) in [6.45, 7) is 3.47. The average molecular weight is 674 g/mol. The first-order chi connectivity index (χ1) is 22.3. The van der Waals surface area contributed by atoms with Crippen LogP contribution in [0.25, 0.3) is 0 Å². The van der Waals surface area contributed by atoms with E-state index in [9.17, 15) is 24.2 Å². The van der Waals surface area contributed by atoms with Crippen molar-refractivity contribution >= 4 is 19.7 Å². The number of phosphoric ester groups is 1. The first-order valence-electron chi connectivity index (χ1n) is 18.3. The molecule has 1 amide bonds. The van der Waals surface area contributed by atoms with Gasteiger partial charge in [0, 0.05) is 19.4 Å². The van der Waals surface area contributed by atoms with Gasteiger partial charge in [0.1, 0.15) is 12.7 Å². The van der Waals surface area contributed by atoms with Crippen LogP contribution in [-0.4, -0.2) is 54.3 Å². The predicted molar refractivity (Wildman–Crippen MR) is 188 cm³/mol. The van der Waals surface area contributed by atoms with Gasteiger partial charge in [-0.25, -0.2) is 4.57 Å². The van der Waals surface area contributed by atoms with Gasteiger partial charge in [0.2, 0.25) is 5.91 Å². The molecule has 0 radical (unpaired) electrons. The molecule has 10 heteroatoms. The first-order valence-corrected chi connectivity index (χ1v) is 19.8. The molecule has 0 aromatic carbocycles. The number of carbonyl (C=O) groups excluding carboxylic acids is 2. The molecule has 2 atom stereocenters. The zero-order valence-corrected chi connectivity index (χ0v) is 30.2. The van der Waals surface area contributed by atoms with Gasteiger partial charge in [-0.2, -0.15) is 0 Å². The summed E-state index contributed by atoms with van der Waals surface area (Å²) in [5.41, 5.74) is 0. The molecule has 0 spiro atoms. The second-order valence-electron chi connectivity index (χ2n) is 12.2. The van der Waals surface area contributed by atoms with Crippen LogP contribution < -0.4 is 5.32 Å². The molecule has 2 unspecified atom stereocenters. The molecule has 0 aromatic rings. The quantitative estimate of drug-likeness (QED) is 0.0267. The smallest absolute Gasteiger partial charge is 0.463 e. The van der Waals surface area contributed by atoms with Gasteiger partial charge in [-0.15, -0.1) is 0 Å². The number of esters is 1. The maximum atomic E-state index is 12.0. The number of carbonyl (C=O) groups is 2. The molecule has 0 rings (SSSR count). The van der Waals surface area contributed by atoms with Crippen molar-refractivity contribution in [3.8, 4) is 0 Å². The fourth-order valence-corrected chi connectivity index (χ4v) is 5.56. The van der Waals surface area contributed by atoms with E-state index >= 15 is 0 Å². The van der Waals surface area contributed by atoms with Crippen LogP contribution in [0.2, 0.25) is 0 Å². The third-order valence-electron chi connectivity index (χ3n) is 7.63. The van der Waals surface area contributed by atoms with Gasteiger partial charge in [0.25, 0.3) is 0 Å². The molecular formula is C36H68NO8P. The maximum Gasteiger partial charge on any atom is 0.472 e. The van der Waals surface area contributed by atoms with Crippen LogP contribution in [0.1, 0.15) is 162 Å². The lowest BCUT2D eigenvalue weighted by Crippen LogP contribution is -2.27. The van der Waals surface area contributed by atoms with Gasteiger partial charge in [0.15, 0.2) is 0 Å². The first kappa shape index (κ1) is 44.5. The molecule has 0 heterocycles. The number of aliphatic hydroxyl groups excluding tert-OH is 1. The van der Waals surface area contributed by atoms with E-state index in [1.54, 1.807) is 0 Å². The topological polar surface area (TPSA) is 131 Å². The Morgan fingerprint density at radius 1 is 0.674 bits per heavy atom. The highest BCUT2D eigenvalue weighted by Crippen LogP contribution is 2.42. The molecule has 3 N–H and O–H groups in total. The highest BCUT2D eigenvalue weighted by atomic mass is 31.2. The van der Waals surface area contributed by atoms with E-state index in [1.807, 2.05) is 0 Å². The van der Waals surface area contributed by atoms with Crippen molar-refractivity contribution in [2.75, 3.05) is 26.4 Å². The Kier molecular flexibility index (Phi) is 32.3. The number of allylic oxidation sites excluding steroid dienone is 4. The normalized spacial score (nSPS) is 13.7. The molecule has 0 aromatic heterocycles. The van der Waals surface area contributed by atoms with Gasteiger partial charge >= 0.3 is 13.8 Å². The van der Waals surface area contributed by atoms with E-state index in [0.717, 1.165) is 64.2 Å². The molecule has 0 saturated heterocycles. The molecule has 0 bridgehead atoms. The summed E-state index contributed by atoms with van der Waals surface area (Å²) < 4.78 is 26.7. The lowest BCUT2D eigenvalue weighted by molar-refractivity contribution is -0.147. The van der Waals surface area contributed by atoms with Crippen LogP contribution in [0, 0.1) is 0 Å². The second-order valence-corrected chi connectivity index (χ2v) is 13.7. The van der Waals surface area contributed by atoms with E-state index in [2.05, 4.69) is 43.5 Å². The van der Waals surface area contributed by atoms with Gasteiger partial charge in [-0.05, 0) is 38.5 Å². The Labute approximate surface area is 280 Å². The largest absolute Gasteiger partial charge is 0.472 e. The number of amides is 1. The standard InChI is InChI=1S/C36H68NO8P/c1-3-5-7-9-11-13-15-16-17-19-20-22-24-26-28-35(39)37-30-31-44-46(41,42)45-33-34(38)32-43-36(40)29-27-25-23-21-18-14-12-10-8-6-4-2/h9,11,15-16,34,38H,3-8,10,12-14,17-33H2,1-2H3,(H,37,39)(H,41,42)/b11-9-,16-15-. The van der Waals surface area contributed by atoms with Crippen molar-refractivity contribution in [3.05, 3.63) is 24.3 Å². The minimum absolute atomic E-state index is 0.0755. The third kappa shape index (κ3) is 33.8. The van der Waals surface area contributed by atoms with Crippen LogP contribution in [-0.2, 0) is 27.9 Å². The van der Waals surface area contributed by atoms with Crippen molar-refractivity contribution in [2.45, 2.75) is 168 Å². The van der Waals surface area contributed by atoms with Gasteiger partial charge in [-0.3, -0.25) is 18.6 Å².